The van der Waals surface area contributed by atoms with Crippen LogP contribution in [0.25, 0.3) is 23.1 Å². The van der Waals surface area contributed by atoms with Crippen molar-refractivity contribution in [3.8, 4) is 5.75 Å². The van der Waals surface area contributed by atoms with Gasteiger partial charge in [-0.25, -0.2) is 4.98 Å². The molecule has 0 saturated heterocycles. The van der Waals surface area contributed by atoms with Crippen LogP contribution >= 0.6 is 11.6 Å². The molecular weight excluding hydrogens is 310 g/mol. The third-order valence-electron chi connectivity index (χ3n) is 3.28. The largest absolute Gasteiger partial charge is 0.426 e. The molecule has 3 rings (SSSR count). The van der Waals surface area contributed by atoms with Gasteiger partial charge >= 0.3 is 5.97 Å². The van der Waals surface area contributed by atoms with Gasteiger partial charge in [-0.05, 0) is 42.5 Å². The first kappa shape index (κ1) is 15.3. The maximum absolute atomic E-state index is 11.2. The van der Waals surface area contributed by atoms with E-state index in [0.29, 0.717) is 10.8 Å². The van der Waals surface area contributed by atoms with Gasteiger partial charge in [-0.3, -0.25) is 4.79 Å². The number of ether oxygens (including phenoxy) is 1. The lowest BCUT2D eigenvalue weighted by atomic mass is 10.1. The Morgan fingerprint density at radius 3 is 2.74 bits per heavy atom. The average Bonchev–Trinajstić information content (AvgIpc) is 2.54. The van der Waals surface area contributed by atoms with Crippen molar-refractivity contribution in [2.45, 2.75) is 6.92 Å². The van der Waals surface area contributed by atoms with Crippen LogP contribution in [0.5, 0.6) is 5.75 Å². The highest BCUT2D eigenvalue weighted by molar-refractivity contribution is 6.30. The Kier molecular flexibility index (Phi) is 4.40. The quantitative estimate of drug-likeness (QED) is 0.504. The van der Waals surface area contributed by atoms with Crippen molar-refractivity contribution in [2.24, 2.45) is 0 Å². The molecule has 0 aliphatic carbocycles. The van der Waals surface area contributed by atoms with Gasteiger partial charge in [-0.15, -0.1) is 0 Å². The molecule has 0 N–H and O–H groups in total. The van der Waals surface area contributed by atoms with Crippen LogP contribution < -0.4 is 4.74 Å². The number of hydrogen-bond acceptors (Lipinski definition) is 3. The Balaban J connectivity index is 1.94. The Morgan fingerprint density at radius 2 is 1.91 bits per heavy atom. The number of halogens is 1. The zero-order valence-electron chi connectivity index (χ0n) is 12.5. The number of para-hydroxylation sites is 1. The minimum atomic E-state index is -0.370. The van der Waals surface area contributed by atoms with E-state index in [-0.39, 0.29) is 5.97 Å². The Morgan fingerprint density at radius 1 is 1.09 bits per heavy atom. The number of benzene rings is 2. The highest BCUT2D eigenvalue weighted by Crippen LogP contribution is 2.25. The lowest BCUT2D eigenvalue weighted by Crippen LogP contribution is -2.02. The summed E-state index contributed by atoms with van der Waals surface area (Å²) in [4.78, 5) is 15.8. The zero-order valence-corrected chi connectivity index (χ0v) is 13.2. The molecule has 0 aliphatic rings. The molecule has 114 valence electrons. The molecule has 0 unspecified atom stereocenters. The maximum Gasteiger partial charge on any atom is 0.308 e. The number of nitrogens with zero attached hydrogens (tertiary/aromatic N) is 1. The molecule has 0 radical (unpaired) electrons. The normalized spacial score (nSPS) is 11.0. The van der Waals surface area contributed by atoms with Crippen LogP contribution in [0.3, 0.4) is 0 Å². The topological polar surface area (TPSA) is 39.2 Å². The Hall–Kier alpha value is -2.65. The second-order valence-corrected chi connectivity index (χ2v) is 5.47. The lowest BCUT2D eigenvalue weighted by molar-refractivity contribution is -0.131. The predicted molar refractivity (Wildman–Crippen MR) is 93.4 cm³/mol. The van der Waals surface area contributed by atoms with Crippen molar-refractivity contribution in [1.82, 2.24) is 4.98 Å². The van der Waals surface area contributed by atoms with Gasteiger partial charge in [0, 0.05) is 22.9 Å². The fraction of sp³-hybridized carbons (Fsp3) is 0.0526. The summed E-state index contributed by atoms with van der Waals surface area (Å²) >= 11 is 6.02. The highest BCUT2D eigenvalue weighted by Gasteiger charge is 2.05. The van der Waals surface area contributed by atoms with Gasteiger partial charge in [0.15, 0.2) is 0 Å². The number of fused-ring (bicyclic) bond motifs is 1. The molecule has 1 heterocycles. The van der Waals surface area contributed by atoms with Crippen molar-refractivity contribution < 1.29 is 9.53 Å². The molecule has 23 heavy (non-hydrogen) atoms. The summed E-state index contributed by atoms with van der Waals surface area (Å²) in [7, 11) is 0. The second-order valence-electron chi connectivity index (χ2n) is 5.04. The minimum Gasteiger partial charge on any atom is -0.426 e. The summed E-state index contributed by atoms with van der Waals surface area (Å²) in [6.45, 7) is 1.37. The summed E-state index contributed by atoms with van der Waals surface area (Å²) < 4.78 is 5.19. The number of aromatic nitrogens is 1. The molecule has 3 aromatic rings. The summed E-state index contributed by atoms with van der Waals surface area (Å²) in [5, 5.41) is 1.67. The zero-order chi connectivity index (χ0) is 16.2. The molecular formula is C19H14ClNO2. The van der Waals surface area contributed by atoms with Gasteiger partial charge in [0.05, 0.1) is 11.2 Å². The summed E-state index contributed by atoms with van der Waals surface area (Å²) in [5.41, 5.74) is 2.47. The highest BCUT2D eigenvalue weighted by atomic mass is 35.5. The molecule has 0 spiro atoms. The fourth-order valence-electron chi connectivity index (χ4n) is 2.25. The van der Waals surface area contributed by atoms with E-state index in [0.717, 1.165) is 22.2 Å². The summed E-state index contributed by atoms with van der Waals surface area (Å²) in [6.07, 6.45) is 3.70. The predicted octanol–water partition coefficient (Wildman–Crippen LogP) is 4.98. The van der Waals surface area contributed by atoms with E-state index in [4.69, 9.17) is 16.3 Å². The van der Waals surface area contributed by atoms with Crippen molar-refractivity contribution in [2.75, 3.05) is 0 Å². The average molecular weight is 324 g/mol. The third-order valence-corrected chi connectivity index (χ3v) is 3.51. The van der Waals surface area contributed by atoms with Crippen LogP contribution in [0.15, 0.2) is 54.6 Å². The molecule has 0 saturated carbocycles. The van der Waals surface area contributed by atoms with Crippen molar-refractivity contribution >= 4 is 40.6 Å². The number of esters is 1. The summed E-state index contributed by atoms with van der Waals surface area (Å²) in [6, 6.07) is 17.0. The number of rotatable bonds is 3. The first-order valence-corrected chi connectivity index (χ1v) is 7.51. The smallest absolute Gasteiger partial charge is 0.308 e. The molecule has 0 aliphatic heterocycles. The van der Waals surface area contributed by atoms with E-state index in [1.54, 1.807) is 18.2 Å². The standard InChI is InChI=1S/C19H14ClNO2/c1-13(22)23-19-11-8-16(20)12-15(19)7-10-17-9-6-14-4-2-3-5-18(14)21-17/h2-12H,1H3. The van der Waals surface area contributed by atoms with Crippen LogP contribution in [-0.4, -0.2) is 11.0 Å². The minimum absolute atomic E-state index is 0.370. The SMILES string of the molecule is CC(=O)Oc1ccc(Cl)cc1C=Cc1ccc2ccccc2n1. The van der Waals surface area contributed by atoms with E-state index in [9.17, 15) is 4.79 Å². The molecule has 4 heteroatoms. The van der Waals surface area contributed by atoms with Crippen molar-refractivity contribution in [3.63, 3.8) is 0 Å². The first-order chi connectivity index (χ1) is 11.1. The van der Waals surface area contributed by atoms with E-state index in [2.05, 4.69) is 4.98 Å². The van der Waals surface area contributed by atoms with E-state index in [1.807, 2.05) is 48.6 Å². The van der Waals surface area contributed by atoms with Gasteiger partial charge in [-0.1, -0.05) is 35.9 Å². The lowest BCUT2D eigenvalue weighted by Gasteiger charge is -2.06. The maximum atomic E-state index is 11.2. The molecule has 0 atom stereocenters. The van der Waals surface area contributed by atoms with Gasteiger partial charge < -0.3 is 4.74 Å². The van der Waals surface area contributed by atoms with Gasteiger partial charge in [-0.2, -0.15) is 0 Å². The molecule has 0 fully saturated rings. The van der Waals surface area contributed by atoms with Gasteiger partial charge in [0.2, 0.25) is 0 Å². The number of hydrogen-bond donors (Lipinski definition) is 0. The molecule has 1 aromatic heterocycles. The molecule has 0 bridgehead atoms. The van der Waals surface area contributed by atoms with Crippen LogP contribution in [0, 0.1) is 0 Å². The van der Waals surface area contributed by atoms with Crippen LogP contribution in [-0.2, 0) is 4.79 Å². The van der Waals surface area contributed by atoms with Gasteiger partial charge in [0.25, 0.3) is 0 Å². The van der Waals surface area contributed by atoms with Crippen LogP contribution in [0.1, 0.15) is 18.2 Å². The monoisotopic (exact) mass is 323 g/mol. The second kappa shape index (κ2) is 6.63. The van der Waals surface area contributed by atoms with Crippen LogP contribution in [0.2, 0.25) is 5.02 Å². The van der Waals surface area contributed by atoms with E-state index in [1.165, 1.54) is 6.92 Å². The molecule has 2 aromatic carbocycles. The third kappa shape index (κ3) is 3.76. The van der Waals surface area contributed by atoms with Gasteiger partial charge in [0.1, 0.15) is 5.75 Å². The fourth-order valence-corrected chi connectivity index (χ4v) is 2.43. The Labute approximate surface area is 139 Å². The number of carbonyl (C=O) groups excluding carboxylic acids is 1. The van der Waals surface area contributed by atoms with Crippen molar-refractivity contribution in [1.29, 1.82) is 0 Å². The number of carbonyl (C=O) groups is 1. The van der Waals surface area contributed by atoms with Crippen LogP contribution in [0.4, 0.5) is 0 Å². The molecule has 3 nitrogen and oxygen atoms in total. The Bertz CT molecular complexity index is 903. The first-order valence-electron chi connectivity index (χ1n) is 7.14. The molecule has 0 amide bonds. The number of pyridine rings is 1. The van der Waals surface area contributed by atoms with Crippen molar-refractivity contribution in [3.05, 3.63) is 70.9 Å². The van der Waals surface area contributed by atoms with E-state index >= 15 is 0 Å². The van der Waals surface area contributed by atoms with E-state index < -0.39 is 0 Å². The summed E-state index contributed by atoms with van der Waals surface area (Å²) in [5.74, 6) is 0.102.